The molecule has 4 nitrogen and oxygen atoms in total. The molecule has 14 heavy (non-hydrogen) atoms. The third-order valence-electron chi connectivity index (χ3n) is 2.24. The first-order valence-electron chi connectivity index (χ1n) is 4.29. The summed E-state index contributed by atoms with van der Waals surface area (Å²) in [7, 11) is 0. The molecule has 1 aromatic rings. The van der Waals surface area contributed by atoms with Crippen LogP contribution in [0.3, 0.4) is 0 Å². The average Bonchev–Trinajstić information content (AvgIpc) is 2.16. The molecule has 76 valence electrons. The second-order valence-electron chi connectivity index (χ2n) is 3.24. The molecule has 0 amide bonds. The largest absolute Gasteiger partial charge is 0.508 e. The fourth-order valence-electron chi connectivity index (χ4n) is 1.20. The maximum Gasteiger partial charge on any atom is 0.321 e. The van der Waals surface area contributed by atoms with Crippen molar-refractivity contribution in [2.24, 2.45) is 5.73 Å². The minimum Gasteiger partial charge on any atom is -0.508 e. The molecule has 4 N–H and O–H groups in total. The third-order valence-corrected chi connectivity index (χ3v) is 2.24. The van der Waals surface area contributed by atoms with Crippen molar-refractivity contribution >= 4 is 5.97 Å². The minimum absolute atomic E-state index is 0.157. The molecule has 0 bridgehead atoms. The molecular weight excluding hydrogens is 182 g/mol. The number of carbonyl (C=O) groups is 1. The van der Waals surface area contributed by atoms with Crippen LogP contribution in [0.1, 0.15) is 18.4 Å². The van der Waals surface area contributed by atoms with Gasteiger partial charge in [0, 0.05) is 5.92 Å². The Hall–Kier alpha value is -1.55. The van der Waals surface area contributed by atoms with E-state index in [1.54, 1.807) is 19.1 Å². The summed E-state index contributed by atoms with van der Waals surface area (Å²) >= 11 is 0. The quantitative estimate of drug-likeness (QED) is 0.669. The van der Waals surface area contributed by atoms with Gasteiger partial charge in [-0.05, 0) is 17.7 Å². The number of carboxylic acid groups (broad SMARTS) is 1. The zero-order valence-electron chi connectivity index (χ0n) is 7.84. The summed E-state index contributed by atoms with van der Waals surface area (Å²) in [5, 5.41) is 17.7. The molecule has 0 saturated carbocycles. The van der Waals surface area contributed by atoms with Gasteiger partial charge in [-0.2, -0.15) is 0 Å². The number of benzene rings is 1. The van der Waals surface area contributed by atoms with Crippen molar-refractivity contribution in [3.8, 4) is 5.75 Å². The summed E-state index contributed by atoms with van der Waals surface area (Å²) in [4.78, 5) is 10.6. The lowest BCUT2D eigenvalue weighted by Crippen LogP contribution is -2.35. The van der Waals surface area contributed by atoms with Crippen LogP contribution >= 0.6 is 0 Å². The molecule has 0 unspecified atom stereocenters. The van der Waals surface area contributed by atoms with E-state index in [1.165, 1.54) is 12.1 Å². The van der Waals surface area contributed by atoms with Gasteiger partial charge >= 0.3 is 5.97 Å². The lowest BCUT2D eigenvalue weighted by atomic mass is 9.94. The predicted octanol–water partition coefficient (Wildman–Crippen LogP) is 0.908. The van der Waals surface area contributed by atoms with Crippen LogP contribution in [-0.4, -0.2) is 22.2 Å². The molecule has 0 fully saturated rings. The van der Waals surface area contributed by atoms with Crippen molar-refractivity contribution in [1.29, 1.82) is 0 Å². The van der Waals surface area contributed by atoms with E-state index in [-0.39, 0.29) is 11.7 Å². The van der Waals surface area contributed by atoms with Gasteiger partial charge in [0.05, 0.1) is 0 Å². The molecule has 0 aliphatic carbocycles. The van der Waals surface area contributed by atoms with Crippen molar-refractivity contribution in [3.63, 3.8) is 0 Å². The zero-order valence-corrected chi connectivity index (χ0v) is 7.84. The van der Waals surface area contributed by atoms with E-state index in [4.69, 9.17) is 15.9 Å². The van der Waals surface area contributed by atoms with Crippen molar-refractivity contribution in [1.82, 2.24) is 0 Å². The van der Waals surface area contributed by atoms with E-state index in [1.807, 2.05) is 0 Å². The van der Waals surface area contributed by atoms with Gasteiger partial charge in [0.1, 0.15) is 11.8 Å². The Labute approximate surface area is 82.0 Å². The topological polar surface area (TPSA) is 83.5 Å². The second-order valence-corrected chi connectivity index (χ2v) is 3.24. The van der Waals surface area contributed by atoms with Crippen LogP contribution in [0.15, 0.2) is 24.3 Å². The van der Waals surface area contributed by atoms with Gasteiger partial charge in [0.25, 0.3) is 0 Å². The maximum absolute atomic E-state index is 10.6. The van der Waals surface area contributed by atoms with E-state index in [0.717, 1.165) is 5.56 Å². The van der Waals surface area contributed by atoms with Gasteiger partial charge in [0.15, 0.2) is 0 Å². The third kappa shape index (κ3) is 2.23. The fraction of sp³-hybridized carbons (Fsp3) is 0.300. The van der Waals surface area contributed by atoms with Gasteiger partial charge in [-0.3, -0.25) is 4.79 Å². The van der Waals surface area contributed by atoms with E-state index >= 15 is 0 Å². The van der Waals surface area contributed by atoms with Crippen LogP contribution in [-0.2, 0) is 4.79 Å². The molecule has 4 heteroatoms. The number of rotatable bonds is 3. The fourth-order valence-corrected chi connectivity index (χ4v) is 1.20. The molecule has 0 saturated heterocycles. The molecule has 1 rings (SSSR count). The van der Waals surface area contributed by atoms with Crippen LogP contribution in [0.2, 0.25) is 0 Å². The summed E-state index contributed by atoms with van der Waals surface area (Å²) < 4.78 is 0. The Morgan fingerprint density at radius 1 is 1.36 bits per heavy atom. The predicted molar refractivity (Wildman–Crippen MR) is 52.1 cm³/mol. The molecule has 0 aliphatic rings. The Morgan fingerprint density at radius 3 is 2.29 bits per heavy atom. The highest BCUT2D eigenvalue weighted by molar-refractivity contribution is 5.74. The number of phenolic OH excluding ortho intramolecular Hbond substituents is 1. The Bertz CT molecular complexity index is 321. The van der Waals surface area contributed by atoms with E-state index < -0.39 is 12.0 Å². The van der Waals surface area contributed by atoms with Crippen molar-refractivity contribution < 1.29 is 15.0 Å². The lowest BCUT2D eigenvalue weighted by molar-refractivity contribution is -0.139. The number of carboxylic acids is 1. The Balaban J connectivity index is 2.84. The van der Waals surface area contributed by atoms with Crippen molar-refractivity contribution in [3.05, 3.63) is 29.8 Å². The summed E-state index contributed by atoms with van der Waals surface area (Å²) in [5.74, 6) is -1.14. The molecule has 1 aromatic carbocycles. The number of hydrogen-bond acceptors (Lipinski definition) is 3. The van der Waals surface area contributed by atoms with Crippen LogP contribution < -0.4 is 5.73 Å². The molecule has 0 heterocycles. The maximum atomic E-state index is 10.6. The first-order valence-corrected chi connectivity index (χ1v) is 4.29. The van der Waals surface area contributed by atoms with Crippen LogP contribution in [0.25, 0.3) is 0 Å². The van der Waals surface area contributed by atoms with Crippen LogP contribution in [0.4, 0.5) is 0 Å². The lowest BCUT2D eigenvalue weighted by Gasteiger charge is -2.15. The zero-order chi connectivity index (χ0) is 10.7. The number of aromatic hydroxyl groups is 1. The number of phenols is 1. The smallest absolute Gasteiger partial charge is 0.321 e. The van der Waals surface area contributed by atoms with E-state index in [0.29, 0.717) is 0 Å². The summed E-state index contributed by atoms with van der Waals surface area (Å²) in [6.07, 6.45) is 0. The highest BCUT2D eigenvalue weighted by Crippen LogP contribution is 2.20. The summed E-state index contributed by atoms with van der Waals surface area (Å²) in [6, 6.07) is 5.45. The molecule has 0 aromatic heterocycles. The minimum atomic E-state index is -1.02. The average molecular weight is 195 g/mol. The summed E-state index contributed by atoms with van der Waals surface area (Å²) in [6.45, 7) is 1.74. The van der Waals surface area contributed by atoms with Crippen molar-refractivity contribution in [2.45, 2.75) is 18.9 Å². The normalized spacial score (nSPS) is 14.7. The standard InChI is InChI=1S/C10H13NO3/c1-6(9(11)10(13)14)7-2-4-8(12)5-3-7/h2-6,9,12H,11H2,1H3,(H,13,14)/t6-,9+/m1/s1. The van der Waals surface area contributed by atoms with Gasteiger partial charge in [-0.15, -0.1) is 0 Å². The number of aliphatic carboxylic acids is 1. The van der Waals surface area contributed by atoms with Gasteiger partial charge in [-0.1, -0.05) is 19.1 Å². The first kappa shape index (κ1) is 10.5. The molecule has 2 atom stereocenters. The number of hydrogen-bond donors (Lipinski definition) is 3. The first-order chi connectivity index (χ1) is 6.52. The van der Waals surface area contributed by atoms with E-state index in [9.17, 15) is 4.79 Å². The monoisotopic (exact) mass is 195 g/mol. The molecule has 0 radical (unpaired) electrons. The molecule has 0 spiro atoms. The number of nitrogens with two attached hydrogens (primary N) is 1. The van der Waals surface area contributed by atoms with Crippen LogP contribution in [0.5, 0.6) is 5.75 Å². The highest BCUT2D eigenvalue weighted by Gasteiger charge is 2.21. The Kier molecular flexibility index (Phi) is 3.09. The Morgan fingerprint density at radius 2 is 1.86 bits per heavy atom. The van der Waals surface area contributed by atoms with Crippen LogP contribution in [0, 0.1) is 0 Å². The second kappa shape index (κ2) is 4.11. The molecular formula is C10H13NO3. The van der Waals surface area contributed by atoms with Crippen molar-refractivity contribution in [2.75, 3.05) is 0 Å². The summed E-state index contributed by atoms with van der Waals surface area (Å²) in [5.41, 5.74) is 6.27. The highest BCUT2D eigenvalue weighted by atomic mass is 16.4. The van der Waals surface area contributed by atoms with Gasteiger partial charge in [-0.25, -0.2) is 0 Å². The van der Waals surface area contributed by atoms with Gasteiger partial charge in [0.2, 0.25) is 0 Å². The van der Waals surface area contributed by atoms with Gasteiger partial charge < -0.3 is 15.9 Å². The van der Waals surface area contributed by atoms with E-state index in [2.05, 4.69) is 0 Å². The molecule has 0 aliphatic heterocycles. The SMILES string of the molecule is C[C@H](c1ccc(O)cc1)[C@H](N)C(=O)O.